The fraction of sp³-hybridized carbons (Fsp3) is 0.375. The molecule has 1 amide bonds. The first-order valence-corrected chi connectivity index (χ1v) is 8.97. The van der Waals surface area contributed by atoms with Gasteiger partial charge in [0.05, 0.1) is 16.2 Å². The second-order valence-corrected chi connectivity index (χ2v) is 7.59. The number of hydrogen-bond acceptors (Lipinski definition) is 5. The average Bonchev–Trinajstić information content (AvgIpc) is 2.78. The van der Waals surface area contributed by atoms with Crippen molar-refractivity contribution in [2.75, 3.05) is 5.32 Å². The molecular weight excluding hydrogens is 330 g/mol. The van der Waals surface area contributed by atoms with Crippen LogP contribution in [-0.4, -0.2) is 25.5 Å². The highest BCUT2D eigenvalue weighted by Crippen LogP contribution is 2.33. The summed E-state index contributed by atoms with van der Waals surface area (Å²) in [5, 5.41) is 6.42. The lowest BCUT2D eigenvalue weighted by Crippen LogP contribution is -2.30. The summed E-state index contributed by atoms with van der Waals surface area (Å²) in [5.41, 5.74) is 2.35. The first kappa shape index (κ1) is 18.2. The quantitative estimate of drug-likeness (QED) is 0.862. The fourth-order valence-corrected chi connectivity index (χ4v) is 3.90. The number of benzene rings is 1. The molecule has 24 heavy (non-hydrogen) atoms. The first-order chi connectivity index (χ1) is 11.1. The number of sulfonamides is 1. The largest absolute Gasteiger partial charge is 0.337 e. The van der Waals surface area contributed by atoms with Gasteiger partial charge >= 0.3 is 0 Å². The Labute approximate surface area is 141 Å². The van der Waals surface area contributed by atoms with Crippen molar-refractivity contribution in [3.05, 3.63) is 29.5 Å². The molecule has 0 unspecified atom stereocenters. The van der Waals surface area contributed by atoms with Crippen LogP contribution in [0.5, 0.6) is 0 Å². The van der Waals surface area contributed by atoms with Crippen molar-refractivity contribution in [2.24, 2.45) is 0 Å². The van der Waals surface area contributed by atoms with Gasteiger partial charge < -0.3 is 4.52 Å². The maximum absolute atomic E-state index is 12.5. The van der Waals surface area contributed by atoms with E-state index < -0.39 is 10.0 Å². The van der Waals surface area contributed by atoms with E-state index in [9.17, 15) is 13.2 Å². The van der Waals surface area contributed by atoms with E-state index in [1.54, 1.807) is 45.9 Å². The molecule has 2 aromatic rings. The molecular formula is C16H21N3O4S. The smallest absolute Gasteiger partial charge is 0.241 e. The van der Waals surface area contributed by atoms with E-state index >= 15 is 0 Å². The summed E-state index contributed by atoms with van der Waals surface area (Å²) >= 11 is 0. The summed E-state index contributed by atoms with van der Waals surface area (Å²) in [7, 11) is -3.64. The van der Waals surface area contributed by atoms with Crippen molar-refractivity contribution < 1.29 is 17.7 Å². The zero-order valence-corrected chi connectivity index (χ0v) is 15.1. The summed E-state index contributed by atoms with van der Waals surface area (Å²) < 4.78 is 32.7. The Hall–Kier alpha value is -2.19. The molecule has 1 aromatic heterocycles. The third kappa shape index (κ3) is 3.82. The van der Waals surface area contributed by atoms with Crippen LogP contribution in [-0.2, 0) is 14.8 Å². The monoisotopic (exact) mass is 351 g/mol. The standard InChI is InChI=1S/C16H21N3O4S/c1-9(2)19-24(21,22)14-8-13(7-6-10(14)3)15-11(4)18-23-16(15)17-12(5)20/h6-9,19H,1-5H3,(H,17,20). The molecule has 0 aliphatic heterocycles. The van der Waals surface area contributed by atoms with E-state index in [-0.39, 0.29) is 22.7 Å². The Kier molecular flexibility index (Phi) is 5.10. The van der Waals surface area contributed by atoms with Crippen molar-refractivity contribution in [1.82, 2.24) is 9.88 Å². The van der Waals surface area contributed by atoms with Crippen LogP contribution in [0.25, 0.3) is 11.1 Å². The van der Waals surface area contributed by atoms with Gasteiger partial charge in [-0.25, -0.2) is 13.1 Å². The molecule has 8 heteroatoms. The zero-order chi connectivity index (χ0) is 18.1. The fourth-order valence-electron chi connectivity index (χ4n) is 2.37. The third-order valence-electron chi connectivity index (χ3n) is 3.31. The van der Waals surface area contributed by atoms with Crippen LogP contribution in [0.4, 0.5) is 5.88 Å². The molecule has 2 rings (SSSR count). The number of anilines is 1. The van der Waals surface area contributed by atoms with Gasteiger partial charge in [0.1, 0.15) is 0 Å². The van der Waals surface area contributed by atoms with E-state index in [0.717, 1.165) is 0 Å². The van der Waals surface area contributed by atoms with Gasteiger partial charge in [0, 0.05) is 13.0 Å². The van der Waals surface area contributed by atoms with Crippen molar-refractivity contribution in [2.45, 2.75) is 45.6 Å². The van der Waals surface area contributed by atoms with Crippen molar-refractivity contribution in [3.63, 3.8) is 0 Å². The van der Waals surface area contributed by atoms with E-state index in [4.69, 9.17) is 4.52 Å². The zero-order valence-electron chi connectivity index (χ0n) is 14.3. The molecule has 0 saturated carbocycles. The maximum Gasteiger partial charge on any atom is 0.241 e. The van der Waals surface area contributed by atoms with Crippen LogP contribution in [0, 0.1) is 13.8 Å². The lowest BCUT2D eigenvalue weighted by atomic mass is 10.0. The second kappa shape index (κ2) is 6.74. The van der Waals surface area contributed by atoms with Gasteiger partial charge in [-0.05, 0) is 44.9 Å². The van der Waals surface area contributed by atoms with E-state index in [1.165, 1.54) is 6.92 Å². The van der Waals surface area contributed by atoms with Crippen LogP contribution >= 0.6 is 0 Å². The second-order valence-electron chi connectivity index (χ2n) is 5.91. The lowest BCUT2D eigenvalue weighted by Gasteiger charge is -2.13. The van der Waals surface area contributed by atoms with Gasteiger partial charge in [0.2, 0.25) is 21.8 Å². The lowest BCUT2D eigenvalue weighted by molar-refractivity contribution is -0.114. The first-order valence-electron chi connectivity index (χ1n) is 7.49. The highest BCUT2D eigenvalue weighted by molar-refractivity contribution is 7.89. The van der Waals surface area contributed by atoms with Gasteiger partial charge in [-0.1, -0.05) is 17.3 Å². The molecule has 0 atom stereocenters. The van der Waals surface area contributed by atoms with E-state index in [2.05, 4.69) is 15.2 Å². The number of rotatable bonds is 5. The Morgan fingerprint density at radius 3 is 2.50 bits per heavy atom. The highest BCUT2D eigenvalue weighted by atomic mass is 32.2. The number of aryl methyl sites for hydroxylation is 2. The molecule has 0 radical (unpaired) electrons. The Bertz CT molecular complexity index is 869. The molecule has 2 N–H and O–H groups in total. The molecule has 1 heterocycles. The minimum atomic E-state index is -3.64. The molecule has 0 saturated heterocycles. The normalized spacial score (nSPS) is 11.8. The average molecular weight is 351 g/mol. The number of nitrogens with zero attached hydrogens (tertiary/aromatic N) is 1. The Morgan fingerprint density at radius 1 is 1.25 bits per heavy atom. The summed E-state index contributed by atoms with van der Waals surface area (Å²) in [5.74, 6) is -0.0992. The number of hydrogen-bond donors (Lipinski definition) is 2. The van der Waals surface area contributed by atoms with Crippen molar-refractivity contribution >= 4 is 21.8 Å². The maximum atomic E-state index is 12.5. The SMILES string of the molecule is CC(=O)Nc1onc(C)c1-c1ccc(C)c(S(=O)(=O)NC(C)C)c1. The Balaban J connectivity index is 2.58. The summed E-state index contributed by atoms with van der Waals surface area (Å²) in [6, 6.07) is 4.83. The minimum absolute atomic E-state index is 0.183. The summed E-state index contributed by atoms with van der Waals surface area (Å²) in [6.07, 6.45) is 0. The van der Waals surface area contributed by atoms with Crippen LogP contribution in [0.3, 0.4) is 0 Å². The summed E-state index contributed by atoms with van der Waals surface area (Å²) in [4.78, 5) is 11.5. The Morgan fingerprint density at radius 2 is 1.92 bits per heavy atom. The topological polar surface area (TPSA) is 101 Å². The van der Waals surface area contributed by atoms with E-state index in [0.29, 0.717) is 22.4 Å². The van der Waals surface area contributed by atoms with Gasteiger partial charge in [-0.15, -0.1) is 0 Å². The molecule has 130 valence electrons. The number of amides is 1. The number of carbonyl (C=O) groups excluding carboxylic acids is 1. The highest BCUT2D eigenvalue weighted by Gasteiger charge is 2.22. The molecule has 0 aliphatic carbocycles. The summed E-state index contributed by atoms with van der Waals surface area (Å²) in [6.45, 7) is 8.34. The van der Waals surface area contributed by atoms with Gasteiger partial charge in [0.25, 0.3) is 0 Å². The van der Waals surface area contributed by atoms with Crippen LogP contribution in [0.1, 0.15) is 32.0 Å². The van der Waals surface area contributed by atoms with Crippen molar-refractivity contribution in [1.29, 1.82) is 0 Å². The molecule has 0 fully saturated rings. The van der Waals surface area contributed by atoms with Crippen molar-refractivity contribution in [3.8, 4) is 11.1 Å². The number of carbonyl (C=O) groups is 1. The molecule has 0 spiro atoms. The molecule has 0 bridgehead atoms. The molecule has 7 nitrogen and oxygen atoms in total. The van der Waals surface area contributed by atoms with Gasteiger partial charge in [-0.3, -0.25) is 10.1 Å². The predicted octanol–water partition coefficient (Wildman–Crippen LogP) is 2.60. The molecule has 0 aliphatic rings. The minimum Gasteiger partial charge on any atom is -0.337 e. The molecule has 1 aromatic carbocycles. The predicted molar refractivity (Wildman–Crippen MR) is 91.2 cm³/mol. The van der Waals surface area contributed by atoms with Crippen LogP contribution < -0.4 is 10.0 Å². The number of aromatic nitrogens is 1. The van der Waals surface area contributed by atoms with Gasteiger partial charge in [-0.2, -0.15) is 0 Å². The third-order valence-corrected chi connectivity index (χ3v) is 5.11. The number of nitrogens with one attached hydrogen (secondary N) is 2. The van der Waals surface area contributed by atoms with Crippen LogP contribution in [0.15, 0.2) is 27.6 Å². The van der Waals surface area contributed by atoms with E-state index in [1.807, 2.05) is 0 Å². The van der Waals surface area contributed by atoms with Gasteiger partial charge in [0.15, 0.2) is 0 Å². The van der Waals surface area contributed by atoms with Crippen LogP contribution in [0.2, 0.25) is 0 Å².